The molecular weight excluding hydrogens is 244 g/mol. The maximum absolute atomic E-state index is 10.5. The number of alkyl halides is 1. The van der Waals surface area contributed by atoms with Crippen molar-refractivity contribution in [1.82, 2.24) is 0 Å². The normalized spacial score (nSPS) is 44.9. The summed E-state index contributed by atoms with van der Waals surface area (Å²) in [6.07, 6.45) is 0.998. The van der Waals surface area contributed by atoms with Crippen molar-refractivity contribution >= 4 is 15.9 Å². The summed E-state index contributed by atoms with van der Waals surface area (Å²) in [7, 11) is 0. The van der Waals surface area contributed by atoms with Crippen LogP contribution in [-0.4, -0.2) is 16.0 Å². The second kappa shape index (κ2) is 2.60. The number of aliphatic hydroxyl groups is 1. The molecule has 3 heteroatoms. The Balaban J connectivity index is 2.05. The third-order valence-corrected chi connectivity index (χ3v) is 4.76. The molecule has 2 aliphatic rings. The molecule has 3 unspecified atom stereocenters. The van der Waals surface area contributed by atoms with Crippen LogP contribution in [0.1, 0.15) is 12.0 Å². The average Bonchev–Trinajstić information content (AvgIpc) is 2.83. The van der Waals surface area contributed by atoms with Crippen molar-refractivity contribution in [3.63, 3.8) is 0 Å². The first-order valence-corrected chi connectivity index (χ1v) is 5.57. The minimum Gasteiger partial charge on any atom is -0.361 e. The number of rotatable bonds is 1. The Labute approximate surface area is 91.0 Å². The van der Waals surface area contributed by atoms with Crippen LogP contribution in [0.15, 0.2) is 30.3 Å². The van der Waals surface area contributed by atoms with Gasteiger partial charge in [-0.05, 0) is 6.42 Å². The largest absolute Gasteiger partial charge is 0.361 e. The highest BCUT2D eigenvalue weighted by atomic mass is 79.9. The Morgan fingerprint density at radius 1 is 1.36 bits per heavy atom. The van der Waals surface area contributed by atoms with E-state index in [4.69, 9.17) is 4.74 Å². The van der Waals surface area contributed by atoms with Crippen LogP contribution in [0.2, 0.25) is 0 Å². The van der Waals surface area contributed by atoms with Crippen LogP contribution in [-0.2, 0) is 10.5 Å². The predicted octanol–water partition coefficient (Wildman–Crippen LogP) is 2.02. The highest BCUT2D eigenvalue weighted by Crippen LogP contribution is 2.66. The fourth-order valence-electron chi connectivity index (χ4n) is 2.23. The molecule has 0 spiro atoms. The Hall–Kier alpha value is -0.380. The van der Waals surface area contributed by atoms with Crippen molar-refractivity contribution < 1.29 is 9.84 Å². The molecule has 0 radical (unpaired) electrons. The van der Waals surface area contributed by atoms with E-state index in [-0.39, 0.29) is 4.32 Å². The SMILES string of the molecule is OC1(c2ccccc2)OCC2CC21Br. The molecule has 1 saturated heterocycles. The Bertz CT molecular complexity index is 365. The van der Waals surface area contributed by atoms with E-state index in [9.17, 15) is 5.11 Å². The summed E-state index contributed by atoms with van der Waals surface area (Å²) < 4.78 is 5.27. The third kappa shape index (κ3) is 0.926. The van der Waals surface area contributed by atoms with Gasteiger partial charge in [-0.2, -0.15) is 0 Å². The molecule has 1 heterocycles. The molecule has 74 valence electrons. The first kappa shape index (κ1) is 8.89. The van der Waals surface area contributed by atoms with E-state index in [1.54, 1.807) is 0 Å². The van der Waals surface area contributed by atoms with Crippen LogP contribution in [0.25, 0.3) is 0 Å². The quantitative estimate of drug-likeness (QED) is 0.778. The van der Waals surface area contributed by atoms with Crippen LogP contribution < -0.4 is 0 Å². The number of benzene rings is 1. The highest BCUT2D eigenvalue weighted by Gasteiger charge is 2.71. The van der Waals surface area contributed by atoms with Crippen molar-refractivity contribution in [2.45, 2.75) is 16.5 Å². The molecule has 0 amide bonds. The Kier molecular flexibility index (Phi) is 1.65. The van der Waals surface area contributed by atoms with E-state index in [1.807, 2.05) is 30.3 Å². The smallest absolute Gasteiger partial charge is 0.208 e. The molecule has 2 nitrogen and oxygen atoms in total. The summed E-state index contributed by atoms with van der Waals surface area (Å²) in [6, 6.07) is 9.59. The van der Waals surface area contributed by atoms with Crippen LogP contribution in [0.3, 0.4) is 0 Å². The van der Waals surface area contributed by atoms with Gasteiger partial charge in [-0.25, -0.2) is 0 Å². The van der Waals surface area contributed by atoms with E-state index in [1.165, 1.54) is 0 Å². The van der Waals surface area contributed by atoms with Gasteiger partial charge in [0.15, 0.2) is 0 Å². The standard InChI is InChI=1S/C11H11BrO2/c12-10-6-9(10)7-14-11(10,13)8-4-2-1-3-5-8/h1-5,9,13H,6-7H2. The number of halogens is 1. The van der Waals surface area contributed by atoms with Gasteiger partial charge in [-0.15, -0.1) is 0 Å². The highest BCUT2D eigenvalue weighted by molar-refractivity contribution is 9.10. The van der Waals surface area contributed by atoms with Crippen LogP contribution >= 0.6 is 15.9 Å². The topological polar surface area (TPSA) is 29.5 Å². The maximum atomic E-state index is 10.5. The number of hydrogen-bond donors (Lipinski definition) is 1. The van der Waals surface area contributed by atoms with Crippen molar-refractivity contribution in [2.24, 2.45) is 5.92 Å². The van der Waals surface area contributed by atoms with E-state index >= 15 is 0 Å². The molecule has 1 aliphatic carbocycles. The van der Waals surface area contributed by atoms with E-state index in [2.05, 4.69) is 15.9 Å². The van der Waals surface area contributed by atoms with Crippen molar-refractivity contribution in [1.29, 1.82) is 0 Å². The lowest BCUT2D eigenvalue weighted by molar-refractivity contribution is -0.191. The molecular formula is C11H11BrO2. The molecule has 0 aromatic heterocycles. The molecule has 3 atom stereocenters. The summed E-state index contributed by atoms with van der Waals surface area (Å²) in [5.41, 5.74) is 0.844. The first-order chi connectivity index (χ1) is 6.67. The molecule has 1 N–H and O–H groups in total. The Morgan fingerprint density at radius 3 is 2.57 bits per heavy atom. The lowest BCUT2D eigenvalue weighted by Gasteiger charge is -2.29. The van der Waals surface area contributed by atoms with Crippen molar-refractivity contribution in [3.8, 4) is 0 Å². The van der Waals surface area contributed by atoms with Gasteiger partial charge in [0, 0.05) is 11.5 Å². The lowest BCUT2D eigenvalue weighted by Crippen LogP contribution is -2.36. The van der Waals surface area contributed by atoms with Crippen LogP contribution in [0, 0.1) is 5.92 Å². The molecule has 1 aromatic carbocycles. The second-order valence-electron chi connectivity index (χ2n) is 4.08. The van der Waals surface area contributed by atoms with Crippen molar-refractivity contribution in [2.75, 3.05) is 6.61 Å². The molecule has 0 bridgehead atoms. The predicted molar refractivity (Wildman–Crippen MR) is 56.1 cm³/mol. The van der Waals surface area contributed by atoms with Crippen LogP contribution in [0.5, 0.6) is 0 Å². The Morgan fingerprint density at radius 2 is 2.07 bits per heavy atom. The van der Waals surface area contributed by atoms with E-state index in [0.717, 1.165) is 12.0 Å². The molecule has 2 fully saturated rings. The van der Waals surface area contributed by atoms with Gasteiger partial charge in [0.25, 0.3) is 0 Å². The van der Waals surface area contributed by atoms with Gasteiger partial charge < -0.3 is 9.84 Å². The monoisotopic (exact) mass is 254 g/mol. The van der Waals surface area contributed by atoms with E-state index in [0.29, 0.717) is 12.5 Å². The summed E-state index contributed by atoms with van der Waals surface area (Å²) in [5.74, 6) is -0.661. The number of ether oxygens (including phenoxy) is 1. The zero-order valence-electron chi connectivity index (χ0n) is 7.61. The number of fused-ring (bicyclic) bond motifs is 1. The first-order valence-electron chi connectivity index (χ1n) is 4.77. The summed E-state index contributed by atoms with van der Waals surface area (Å²) in [6.45, 7) is 0.649. The fraction of sp³-hybridized carbons (Fsp3) is 0.455. The molecule has 14 heavy (non-hydrogen) atoms. The minimum absolute atomic E-state index is 0.235. The van der Waals surface area contributed by atoms with Crippen molar-refractivity contribution in [3.05, 3.63) is 35.9 Å². The fourth-order valence-corrected chi connectivity index (χ4v) is 3.10. The van der Waals surface area contributed by atoms with Crippen LogP contribution in [0.4, 0.5) is 0 Å². The number of hydrogen-bond acceptors (Lipinski definition) is 2. The zero-order valence-corrected chi connectivity index (χ0v) is 9.20. The van der Waals surface area contributed by atoms with Gasteiger partial charge in [0.2, 0.25) is 5.79 Å². The molecule has 1 aromatic rings. The summed E-state index contributed by atoms with van der Waals surface area (Å²) in [4.78, 5) is 0. The maximum Gasteiger partial charge on any atom is 0.208 e. The molecule has 1 aliphatic heterocycles. The molecule has 3 rings (SSSR count). The molecule has 1 saturated carbocycles. The average molecular weight is 255 g/mol. The zero-order chi connectivity index (χ0) is 9.81. The van der Waals surface area contributed by atoms with Gasteiger partial charge >= 0.3 is 0 Å². The van der Waals surface area contributed by atoms with E-state index < -0.39 is 5.79 Å². The van der Waals surface area contributed by atoms with Gasteiger partial charge in [-0.3, -0.25) is 0 Å². The third-order valence-electron chi connectivity index (χ3n) is 3.25. The van der Waals surface area contributed by atoms with Gasteiger partial charge in [-0.1, -0.05) is 46.3 Å². The summed E-state index contributed by atoms with van der Waals surface area (Å²) in [5, 5.41) is 10.5. The lowest BCUT2D eigenvalue weighted by atomic mass is 10.0. The summed E-state index contributed by atoms with van der Waals surface area (Å²) >= 11 is 3.60. The second-order valence-corrected chi connectivity index (χ2v) is 5.50. The minimum atomic E-state index is -1.13. The van der Waals surface area contributed by atoms with Gasteiger partial charge in [0.05, 0.1) is 10.9 Å². The van der Waals surface area contributed by atoms with Gasteiger partial charge in [0.1, 0.15) is 0 Å².